The third-order valence-electron chi connectivity index (χ3n) is 7.48. The van der Waals surface area contributed by atoms with Crippen LogP contribution in [-0.4, -0.2) is 14.3 Å². The number of carbonyl (C=O) groups is 1. The van der Waals surface area contributed by atoms with Gasteiger partial charge in [0.05, 0.1) is 0 Å². The second-order valence-corrected chi connectivity index (χ2v) is 14.2. The number of hydrogen-bond acceptors (Lipinski definition) is 2. The van der Waals surface area contributed by atoms with Crippen LogP contribution in [0.15, 0.2) is 12.2 Å². The van der Waals surface area contributed by atoms with Gasteiger partial charge in [-0.25, -0.2) is 4.79 Å². The first-order valence-electron chi connectivity index (χ1n) is 10.6. The topological polar surface area (TPSA) is 26.3 Å². The molecule has 0 spiro atoms. The van der Waals surface area contributed by atoms with Gasteiger partial charge < -0.3 is 4.43 Å². The van der Waals surface area contributed by atoms with Crippen molar-refractivity contribution in [3.63, 3.8) is 0 Å². The van der Waals surface area contributed by atoms with Gasteiger partial charge in [0, 0.05) is 5.57 Å². The van der Waals surface area contributed by atoms with E-state index in [0.29, 0.717) is 22.6 Å². The van der Waals surface area contributed by atoms with Crippen molar-refractivity contribution < 1.29 is 9.22 Å². The summed E-state index contributed by atoms with van der Waals surface area (Å²) >= 11 is 0. The molecule has 2 fully saturated rings. The Morgan fingerprint density at radius 2 is 1.36 bits per heavy atom. The zero-order chi connectivity index (χ0) is 18.7. The molecule has 3 heteroatoms. The molecule has 0 bridgehead atoms. The standard InChI is InChI=1S/C22H40O2Si/c1-17(2)21(23)24-25(22(5,6)18(3)4,19-13-9-7-10-14-19)20-15-11-8-12-16-20/h18-20H,1,7-16H2,2-6H3. The lowest BCUT2D eigenvalue weighted by Crippen LogP contribution is -2.59. The average molecular weight is 365 g/mol. The molecule has 2 nitrogen and oxygen atoms in total. The molecule has 0 amide bonds. The SMILES string of the molecule is C=C(C)C(=O)O[Si](C1CCCCC1)(C1CCCCC1)C(C)(C)C(C)C. The van der Waals surface area contributed by atoms with Crippen LogP contribution in [0.3, 0.4) is 0 Å². The maximum absolute atomic E-state index is 12.8. The summed E-state index contributed by atoms with van der Waals surface area (Å²) < 4.78 is 6.71. The predicted molar refractivity (Wildman–Crippen MR) is 109 cm³/mol. The van der Waals surface area contributed by atoms with E-state index >= 15 is 0 Å². The summed E-state index contributed by atoms with van der Waals surface area (Å²) in [6.07, 6.45) is 13.0. The lowest BCUT2D eigenvalue weighted by molar-refractivity contribution is -0.131. The van der Waals surface area contributed by atoms with Crippen molar-refractivity contribution in [1.82, 2.24) is 0 Å². The van der Waals surface area contributed by atoms with Crippen LogP contribution in [0, 0.1) is 5.92 Å². The van der Waals surface area contributed by atoms with Gasteiger partial charge in [-0.15, -0.1) is 0 Å². The third-order valence-corrected chi connectivity index (χ3v) is 14.2. The molecule has 0 radical (unpaired) electrons. The monoisotopic (exact) mass is 364 g/mol. The van der Waals surface area contributed by atoms with Crippen LogP contribution >= 0.6 is 0 Å². The quantitative estimate of drug-likeness (QED) is 0.369. The third kappa shape index (κ3) is 4.07. The molecule has 0 aliphatic heterocycles. The van der Waals surface area contributed by atoms with E-state index in [1.54, 1.807) is 0 Å². The van der Waals surface area contributed by atoms with E-state index in [4.69, 9.17) is 4.43 Å². The molecule has 2 saturated carbocycles. The maximum atomic E-state index is 12.8. The van der Waals surface area contributed by atoms with Crippen molar-refractivity contribution >= 4 is 14.3 Å². The van der Waals surface area contributed by atoms with Crippen molar-refractivity contribution in [3.8, 4) is 0 Å². The Labute approximate surface area is 156 Å². The highest BCUT2D eigenvalue weighted by Gasteiger charge is 2.62. The summed E-state index contributed by atoms with van der Waals surface area (Å²) in [6, 6.07) is 0. The second kappa shape index (κ2) is 8.41. The molecule has 0 atom stereocenters. The summed E-state index contributed by atoms with van der Waals surface area (Å²) in [7, 11) is -2.32. The van der Waals surface area contributed by atoms with Crippen LogP contribution in [-0.2, 0) is 9.22 Å². The van der Waals surface area contributed by atoms with Crippen LogP contribution in [0.5, 0.6) is 0 Å². The fourth-order valence-corrected chi connectivity index (χ4v) is 12.7. The van der Waals surface area contributed by atoms with E-state index < -0.39 is 8.32 Å². The van der Waals surface area contributed by atoms with E-state index in [1.165, 1.54) is 64.2 Å². The molecule has 25 heavy (non-hydrogen) atoms. The van der Waals surface area contributed by atoms with Gasteiger partial charge in [0.15, 0.2) is 0 Å². The minimum Gasteiger partial charge on any atom is -0.515 e. The van der Waals surface area contributed by atoms with Gasteiger partial charge in [-0.3, -0.25) is 0 Å². The highest BCUT2D eigenvalue weighted by Crippen LogP contribution is 2.61. The van der Waals surface area contributed by atoms with E-state index in [-0.39, 0.29) is 11.0 Å². The van der Waals surface area contributed by atoms with Crippen LogP contribution in [0.2, 0.25) is 16.1 Å². The molecule has 144 valence electrons. The van der Waals surface area contributed by atoms with Crippen molar-refractivity contribution in [3.05, 3.63) is 12.2 Å². The normalized spacial score (nSPS) is 21.4. The molecule has 2 rings (SSSR count). The lowest BCUT2D eigenvalue weighted by Gasteiger charge is -2.55. The Morgan fingerprint density at radius 1 is 0.960 bits per heavy atom. The van der Waals surface area contributed by atoms with Gasteiger partial charge in [-0.1, -0.05) is 72.8 Å². The summed E-state index contributed by atoms with van der Waals surface area (Å²) in [6.45, 7) is 15.2. The smallest absolute Gasteiger partial charge is 0.319 e. The fraction of sp³-hybridized carbons (Fsp3) is 0.864. The van der Waals surface area contributed by atoms with Crippen LogP contribution in [0.25, 0.3) is 0 Å². The van der Waals surface area contributed by atoms with Gasteiger partial charge in [0.25, 0.3) is 8.32 Å². The molecule has 0 aromatic carbocycles. The summed E-state index contributed by atoms with van der Waals surface area (Å²) in [5.74, 6) is 0.414. The molecular weight excluding hydrogens is 324 g/mol. The molecule has 2 aliphatic carbocycles. The van der Waals surface area contributed by atoms with E-state index in [9.17, 15) is 4.79 Å². The second-order valence-electron chi connectivity index (χ2n) is 9.51. The Hall–Kier alpha value is -0.573. The van der Waals surface area contributed by atoms with Crippen LogP contribution in [0.4, 0.5) is 0 Å². The highest BCUT2D eigenvalue weighted by atomic mass is 28.4. The van der Waals surface area contributed by atoms with Gasteiger partial charge in [-0.05, 0) is 54.6 Å². The molecule has 0 aromatic rings. The summed E-state index contributed by atoms with van der Waals surface area (Å²) in [5, 5.41) is 0.0993. The average Bonchev–Trinajstić information content (AvgIpc) is 2.60. The fourth-order valence-electron chi connectivity index (χ4n) is 5.44. The van der Waals surface area contributed by atoms with Crippen molar-refractivity contribution in [1.29, 1.82) is 0 Å². The van der Waals surface area contributed by atoms with Crippen LogP contribution in [0.1, 0.15) is 98.8 Å². The van der Waals surface area contributed by atoms with E-state index in [0.717, 1.165) is 0 Å². The van der Waals surface area contributed by atoms with Crippen LogP contribution < -0.4 is 0 Å². The Bertz CT molecular complexity index is 450. The lowest BCUT2D eigenvalue weighted by atomic mass is 9.97. The molecule has 0 unspecified atom stereocenters. The number of carbonyl (C=O) groups excluding carboxylic acids is 1. The maximum Gasteiger partial charge on any atom is 0.319 e. The number of hydrogen-bond donors (Lipinski definition) is 0. The molecule has 0 aromatic heterocycles. The number of rotatable bonds is 6. The highest BCUT2D eigenvalue weighted by molar-refractivity contribution is 6.81. The zero-order valence-electron chi connectivity index (χ0n) is 17.3. The van der Waals surface area contributed by atoms with Crippen molar-refractivity contribution in [2.24, 2.45) is 5.92 Å². The Morgan fingerprint density at radius 3 is 1.68 bits per heavy atom. The first-order chi connectivity index (χ1) is 11.7. The van der Waals surface area contributed by atoms with Crippen molar-refractivity contribution in [2.45, 2.75) is 115 Å². The molecule has 0 heterocycles. The first-order valence-corrected chi connectivity index (χ1v) is 12.7. The van der Waals surface area contributed by atoms with Gasteiger partial charge in [0.2, 0.25) is 0 Å². The summed E-state index contributed by atoms with van der Waals surface area (Å²) in [4.78, 5) is 12.8. The van der Waals surface area contributed by atoms with E-state index in [2.05, 4.69) is 34.3 Å². The van der Waals surface area contributed by atoms with Gasteiger partial charge in [0.1, 0.15) is 0 Å². The summed E-state index contributed by atoms with van der Waals surface area (Å²) in [5.41, 5.74) is 1.83. The Balaban J connectivity index is 2.53. The van der Waals surface area contributed by atoms with Gasteiger partial charge in [-0.2, -0.15) is 0 Å². The zero-order valence-corrected chi connectivity index (χ0v) is 18.3. The molecular formula is C22H40O2Si. The van der Waals surface area contributed by atoms with E-state index in [1.807, 2.05) is 6.92 Å². The largest absolute Gasteiger partial charge is 0.515 e. The molecule has 2 aliphatic rings. The predicted octanol–water partition coefficient (Wildman–Crippen LogP) is 7.16. The minimum absolute atomic E-state index is 0.0993. The van der Waals surface area contributed by atoms with Crippen molar-refractivity contribution in [2.75, 3.05) is 0 Å². The molecule has 0 saturated heterocycles. The molecule has 0 N–H and O–H groups in total. The van der Waals surface area contributed by atoms with Gasteiger partial charge >= 0.3 is 5.97 Å². The Kier molecular flexibility index (Phi) is 6.98. The minimum atomic E-state index is -2.32. The first kappa shape index (κ1) is 20.7.